The van der Waals surface area contributed by atoms with Gasteiger partial charge in [0.15, 0.2) is 11.0 Å². The molecule has 0 aliphatic rings. The van der Waals surface area contributed by atoms with Crippen molar-refractivity contribution >= 4 is 28.2 Å². The number of nitrogens with two attached hydrogens (primary N) is 1. The van der Waals surface area contributed by atoms with E-state index in [1.807, 2.05) is 0 Å². The van der Waals surface area contributed by atoms with Crippen LogP contribution in [0.4, 0.5) is 10.9 Å². The smallest absolute Gasteiger partial charge is 0.265 e. The van der Waals surface area contributed by atoms with Crippen molar-refractivity contribution in [2.24, 2.45) is 0 Å². The maximum atomic E-state index is 11.9. The van der Waals surface area contributed by atoms with E-state index in [0.29, 0.717) is 29.0 Å². The first-order chi connectivity index (χ1) is 9.70. The van der Waals surface area contributed by atoms with Crippen molar-refractivity contribution in [2.45, 2.75) is 6.54 Å². The highest BCUT2D eigenvalue weighted by molar-refractivity contribution is 7.18. The molecule has 9 nitrogen and oxygen atoms in total. The van der Waals surface area contributed by atoms with Crippen LogP contribution < -0.4 is 16.4 Å². The Morgan fingerprint density at radius 1 is 1.60 bits per heavy atom. The number of hydrogen-bond acceptors (Lipinski definition) is 9. The molecule has 0 fully saturated rings. The van der Waals surface area contributed by atoms with E-state index < -0.39 is 0 Å². The lowest BCUT2D eigenvalue weighted by Crippen LogP contribution is -2.23. The number of aromatic nitrogens is 3. The summed E-state index contributed by atoms with van der Waals surface area (Å²) in [5.74, 6) is 0.241. The molecule has 0 aliphatic heterocycles. The average Bonchev–Trinajstić information content (AvgIpc) is 3.06. The van der Waals surface area contributed by atoms with E-state index in [9.17, 15) is 4.79 Å². The molecular formula is C10H14N6O3S. The van der Waals surface area contributed by atoms with E-state index in [-0.39, 0.29) is 18.3 Å². The quantitative estimate of drug-likeness (QED) is 0.614. The number of nitrogens with zero attached hydrogens (tertiary/aromatic N) is 3. The maximum absolute atomic E-state index is 11.9. The molecule has 0 saturated heterocycles. The Labute approximate surface area is 118 Å². The Balaban J connectivity index is 1.92. The van der Waals surface area contributed by atoms with E-state index in [1.54, 1.807) is 7.11 Å². The summed E-state index contributed by atoms with van der Waals surface area (Å²) < 4.78 is 9.48. The largest absolute Gasteiger partial charge is 0.383 e. The van der Waals surface area contributed by atoms with Crippen LogP contribution in [0, 0.1) is 0 Å². The number of methoxy groups -OCH3 is 1. The summed E-state index contributed by atoms with van der Waals surface area (Å²) in [6, 6.07) is 0. The summed E-state index contributed by atoms with van der Waals surface area (Å²) in [6.45, 7) is 1.30. The number of rotatable bonds is 7. The van der Waals surface area contributed by atoms with Crippen molar-refractivity contribution in [3.05, 3.63) is 17.1 Å². The highest BCUT2D eigenvalue weighted by Gasteiger charge is 2.16. The van der Waals surface area contributed by atoms with Crippen molar-refractivity contribution in [1.29, 1.82) is 0 Å². The number of anilines is 2. The van der Waals surface area contributed by atoms with Crippen LogP contribution in [0.3, 0.4) is 0 Å². The predicted octanol–water partition coefficient (Wildman–Crippen LogP) is 0.0966. The zero-order valence-electron chi connectivity index (χ0n) is 10.8. The number of ether oxygens (including phenoxy) is 1. The molecule has 0 aliphatic carbocycles. The third-order valence-electron chi connectivity index (χ3n) is 2.26. The molecule has 0 spiro atoms. The van der Waals surface area contributed by atoms with Crippen LogP contribution in [0.15, 0.2) is 10.9 Å². The number of nitrogen functional groups attached to an aromatic ring is 1. The third-order valence-corrected chi connectivity index (χ3v) is 3.28. The molecule has 2 aromatic rings. The van der Waals surface area contributed by atoms with Crippen molar-refractivity contribution in [3.63, 3.8) is 0 Å². The molecular weight excluding hydrogens is 284 g/mol. The van der Waals surface area contributed by atoms with E-state index in [2.05, 4.69) is 30.3 Å². The van der Waals surface area contributed by atoms with Gasteiger partial charge in [-0.25, -0.2) is 4.98 Å². The van der Waals surface area contributed by atoms with Crippen LogP contribution in [-0.4, -0.2) is 41.3 Å². The SMILES string of the molecule is COCCNc1nc(N)c(C(=O)NCc2ncon2)s1. The fraction of sp³-hybridized carbons (Fsp3) is 0.400. The molecule has 2 aromatic heterocycles. The van der Waals surface area contributed by atoms with Crippen LogP contribution >= 0.6 is 11.3 Å². The lowest BCUT2D eigenvalue weighted by Gasteiger charge is -2.00. The number of carbonyl (C=O) groups is 1. The van der Waals surface area contributed by atoms with Crippen molar-refractivity contribution in [3.8, 4) is 0 Å². The van der Waals surface area contributed by atoms with E-state index in [1.165, 1.54) is 17.7 Å². The summed E-state index contributed by atoms with van der Waals surface area (Å²) in [6.07, 6.45) is 1.19. The zero-order chi connectivity index (χ0) is 14.4. The fourth-order valence-corrected chi connectivity index (χ4v) is 2.17. The second kappa shape index (κ2) is 6.82. The number of carbonyl (C=O) groups excluding carboxylic acids is 1. The molecule has 0 aromatic carbocycles. The lowest BCUT2D eigenvalue weighted by molar-refractivity contribution is 0.0954. The van der Waals surface area contributed by atoms with Gasteiger partial charge >= 0.3 is 0 Å². The fourth-order valence-electron chi connectivity index (χ4n) is 1.34. The molecule has 4 N–H and O–H groups in total. The van der Waals surface area contributed by atoms with Gasteiger partial charge in [-0.3, -0.25) is 4.79 Å². The Hall–Kier alpha value is -2.20. The topological polar surface area (TPSA) is 128 Å². The van der Waals surface area contributed by atoms with Crippen molar-refractivity contribution in [1.82, 2.24) is 20.4 Å². The predicted molar refractivity (Wildman–Crippen MR) is 72.4 cm³/mol. The van der Waals surface area contributed by atoms with Crippen molar-refractivity contribution in [2.75, 3.05) is 31.3 Å². The van der Waals surface area contributed by atoms with Gasteiger partial charge in [-0.15, -0.1) is 0 Å². The Morgan fingerprint density at radius 2 is 2.45 bits per heavy atom. The second-order valence-electron chi connectivity index (χ2n) is 3.68. The van der Waals surface area contributed by atoms with Gasteiger partial charge in [-0.05, 0) is 0 Å². The van der Waals surface area contributed by atoms with Crippen molar-refractivity contribution < 1.29 is 14.1 Å². The van der Waals surface area contributed by atoms with Crippen LogP contribution in [-0.2, 0) is 11.3 Å². The highest BCUT2D eigenvalue weighted by Crippen LogP contribution is 2.24. The van der Waals surface area contributed by atoms with Gasteiger partial charge < -0.3 is 25.6 Å². The molecule has 0 saturated carbocycles. The van der Waals surface area contributed by atoms with Gasteiger partial charge in [0.25, 0.3) is 5.91 Å². The van der Waals surface area contributed by atoms with Crippen LogP contribution in [0.2, 0.25) is 0 Å². The van der Waals surface area contributed by atoms with Gasteiger partial charge in [-0.1, -0.05) is 16.5 Å². The molecule has 0 radical (unpaired) electrons. The highest BCUT2D eigenvalue weighted by atomic mass is 32.1. The average molecular weight is 298 g/mol. The van der Waals surface area contributed by atoms with E-state index in [0.717, 1.165) is 0 Å². The van der Waals surface area contributed by atoms with Gasteiger partial charge in [0, 0.05) is 13.7 Å². The summed E-state index contributed by atoms with van der Waals surface area (Å²) in [4.78, 5) is 20.2. The van der Waals surface area contributed by atoms with E-state index in [4.69, 9.17) is 10.5 Å². The number of nitrogens with one attached hydrogen (secondary N) is 2. The molecule has 108 valence electrons. The molecule has 0 atom stereocenters. The molecule has 2 heterocycles. The molecule has 10 heteroatoms. The monoisotopic (exact) mass is 298 g/mol. The standard InChI is InChI=1S/C10H14N6O3S/c1-18-3-2-12-10-15-8(11)7(20-10)9(17)13-4-6-14-5-19-16-6/h5H,2-4,11H2,1H3,(H,12,15)(H,13,17). The minimum atomic E-state index is -0.329. The lowest BCUT2D eigenvalue weighted by atomic mass is 10.4. The number of thiazole rings is 1. The maximum Gasteiger partial charge on any atom is 0.265 e. The Morgan fingerprint density at radius 3 is 3.15 bits per heavy atom. The first-order valence-corrected chi connectivity index (χ1v) is 6.55. The van der Waals surface area contributed by atoms with Gasteiger partial charge in [0.05, 0.1) is 13.2 Å². The summed E-state index contributed by atoms with van der Waals surface area (Å²) in [5.41, 5.74) is 5.71. The summed E-state index contributed by atoms with van der Waals surface area (Å²) >= 11 is 1.18. The normalized spacial score (nSPS) is 10.4. The Bertz CT molecular complexity index is 555. The summed E-state index contributed by atoms with van der Waals surface area (Å²) in [5, 5.41) is 9.81. The Kier molecular flexibility index (Phi) is 4.85. The first kappa shape index (κ1) is 14.2. The van der Waals surface area contributed by atoms with Gasteiger partial charge in [0.2, 0.25) is 6.39 Å². The molecule has 2 rings (SSSR count). The van der Waals surface area contributed by atoms with Gasteiger partial charge in [-0.2, -0.15) is 4.98 Å². The third kappa shape index (κ3) is 3.65. The molecule has 1 amide bonds. The van der Waals surface area contributed by atoms with Crippen LogP contribution in [0.5, 0.6) is 0 Å². The van der Waals surface area contributed by atoms with Crippen LogP contribution in [0.25, 0.3) is 0 Å². The molecule has 20 heavy (non-hydrogen) atoms. The first-order valence-electron chi connectivity index (χ1n) is 5.73. The minimum absolute atomic E-state index is 0.166. The zero-order valence-corrected chi connectivity index (χ0v) is 11.6. The number of amides is 1. The molecule has 0 unspecified atom stereocenters. The van der Waals surface area contributed by atoms with E-state index >= 15 is 0 Å². The van der Waals surface area contributed by atoms with Crippen LogP contribution in [0.1, 0.15) is 15.5 Å². The molecule has 0 bridgehead atoms. The minimum Gasteiger partial charge on any atom is -0.383 e. The van der Waals surface area contributed by atoms with Gasteiger partial charge in [0.1, 0.15) is 10.7 Å². The number of hydrogen-bond donors (Lipinski definition) is 3. The second-order valence-corrected chi connectivity index (χ2v) is 4.68. The summed E-state index contributed by atoms with van der Waals surface area (Å²) in [7, 11) is 1.61.